The van der Waals surface area contributed by atoms with Crippen molar-refractivity contribution in [2.24, 2.45) is 0 Å². The molecule has 0 radical (unpaired) electrons. The van der Waals surface area contributed by atoms with Crippen molar-refractivity contribution in [3.05, 3.63) is 38.9 Å². The van der Waals surface area contributed by atoms with Crippen LogP contribution in [0, 0.1) is 10.1 Å². The molecular formula is C9H11ClN2O2. The van der Waals surface area contributed by atoms with Crippen LogP contribution in [0.1, 0.15) is 5.56 Å². The standard InChI is InChI=1S/C9H11ClN2O2/c1-11(2)6-7-3-4-8(12(13)14)5-9(7)10/h3-5H,6H2,1-2H3. The molecule has 0 aromatic heterocycles. The number of nitro groups is 1. The van der Waals surface area contributed by atoms with Crippen LogP contribution in [-0.4, -0.2) is 23.9 Å². The summed E-state index contributed by atoms with van der Waals surface area (Å²) in [6.45, 7) is 0.677. The Bertz CT molecular complexity index is 353. The summed E-state index contributed by atoms with van der Waals surface area (Å²) in [6, 6.07) is 4.52. The van der Waals surface area contributed by atoms with Crippen molar-refractivity contribution in [2.45, 2.75) is 6.54 Å². The van der Waals surface area contributed by atoms with Gasteiger partial charge in [-0.2, -0.15) is 0 Å². The minimum Gasteiger partial charge on any atom is -0.305 e. The fraction of sp³-hybridized carbons (Fsp3) is 0.333. The Morgan fingerprint density at radius 3 is 2.57 bits per heavy atom. The molecule has 4 nitrogen and oxygen atoms in total. The lowest BCUT2D eigenvalue weighted by Crippen LogP contribution is -2.10. The third-order valence-electron chi connectivity index (χ3n) is 1.73. The highest BCUT2D eigenvalue weighted by Crippen LogP contribution is 2.22. The first-order valence-electron chi connectivity index (χ1n) is 4.08. The molecule has 1 rings (SSSR count). The van der Waals surface area contributed by atoms with Gasteiger partial charge in [0.25, 0.3) is 5.69 Å². The average Bonchev–Trinajstić information content (AvgIpc) is 2.07. The Balaban J connectivity index is 2.95. The van der Waals surface area contributed by atoms with Gasteiger partial charge in [-0.05, 0) is 25.7 Å². The molecule has 14 heavy (non-hydrogen) atoms. The van der Waals surface area contributed by atoms with Gasteiger partial charge in [0.2, 0.25) is 0 Å². The zero-order chi connectivity index (χ0) is 10.7. The maximum atomic E-state index is 10.4. The first-order valence-corrected chi connectivity index (χ1v) is 4.46. The van der Waals surface area contributed by atoms with Crippen molar-refractivity contribution in [3.8, 4) is 0 Å². The van der Waals surface area contributed by atoms with E-state index in [0.717, 1.165) is 5.56 Å². The number of rotatable bonds is 3. The van der Waals surface area contributed by atoms with Crippen molar-refractivity contribution in [3.63, 3.8) is 0 Å². The van der Waals surface area contributed by atoms with E-state index in [4.69, 9.17) is 11.6 Å². The maximum absolute atomic E-state index is 10.4. The number of non-ortho nitro benzene ring substituents is 1. The largest absolute Gasteiger partial charge is 0.305 e. The molecule has 0 atom stereocenters. The minimum absolute atomic E-state index is 0.0255. The van der Waals surface area contributed by atoms with E-state index in [0.29, 0.717) is 11.6 Å². The van der Waals surface area contributed by atoms with E-state index in [9.17, 15) is 10.1 Å². The topological polar surface area (TPSA) is 46.4 Å². The van der Waals surface area contributed by atoms with Crippen molar-refractivity contribution in [1.29, 1.82) is 0 Å². The van der Waals surface area contributed by atoms with Crippen LogP contribution >= 0.6 is 11.6 Å². The monoisotopic (exact) mass is 214 g/mol. The number of halogens is 1. The predicted octanol–water partition coefficient (Wildman–Crippen LogP) is 2.31. The Labute approximate surface area is 87.2 Å². The van der Waals surface area contributed by atoms with Crippen LogP contribution in [0.4, 0.5) is 5.69 Å². The van der Waals surface area contributed by atoms with E-state index in [1.807, 2.05) is 19.0 Å². The molecule has 0 aliphatic carbocycles. The fourth-order valence-corrected chi connectivity index (χ4v) is 1.35. The van der Waals surface area contributed by atoms with Crippen LogP contribution in [0.25, 0.3) is 0 Å². The smallest absolute Gasteiger partial charge is 0.270 e. The van der Waals surface area contributed by atoms with Crippen LogP contribution in [0.5, 0.6) is 0 Å². The second-order valence-electron chi connectivity index (χ2n) is 3.27. The summed E-state index contributed by atoms with van der Waals surface area (Å²) in [5, 5.41) is 10.9. The van der Waals surface area contributed by atoms with Crippen LogP contribution in [0.15, 0.2) is 18.2 Å². The molecule has 1 aromatic carbocycles. The second kappa shape index (κ2) is 4.39. The van der Waals surface area contributed by atoms with Crippen molar-refractivity contribution in [1.82, 2.24) is 4.90 Å². The number of nitrogens with zero attached hydrogens (tertiary/aromatic N) is 2. The van der Waals surface area contributed by atoms with E-state index in [1.165, 1.54) is 12.1 Å². The summed E-state index contributed by atoms with van der Waals surface area (Å²) in [5.74, 6) is 0. The molecule has 0 saturated carbocycles. The first-order chi connectivity index (χ1) is 6.50. The molecule has 76 valence electrons. The third kappa shape index (κ3) is 2.68. The third-order valence-corrected chi connectivity index (χ3v) is 2.09. The zero-order valence-corrected chi connectivity index (χ0v) is 8.78. The lowest BCUT2D eigenvalue weighted by molar-refractivity contribution is -0.384. The summed E-state index contributed by atoms with van der Waals surface area (Å²) in [6.07, 6.45) is 0. The van der Waals surface area contributed by atoms with Crippen molar-refractivity contribution in [2.75, 3.05) is 14.1 Å². The maximum Gasteiger partial charge on any atom is 0.270 e. The minimum atomic E-state index is -0.453. The first kappa shape index (κ1) is 10.9. The van der Waals surface area contributed by atoms with Gasteiger partial charge in [0, 0.05) is 18.7 Å². The van der Waals surface area contributed by atoms with E-state index >= 15 is 0 Å². The quantitative estimate of drug-likeness (QED) is 0.573. The van der Waals surface area contributed by atoms with E-state index in [1.54, 1.807) is 6.07 Å². The molecule has 1 aromatic rings. The number of nitro benzene ring substituents is 1. The number of hydrogen-bond donors (Lipinski definition) is 0. The molecule has 0 spiro atoms. The molecule has 0 unspecified atom stereocenters. The second-order valence-corrected chi connectivity index (χ2v) is 3.68. The molecule has 0 N–H and O–H groups in total. The molecule has 0 amide bonds. The molecular weight excluding hydrogens is 204 g/mol. The van der Waals surface area contributed by atoms with Crippen molar-refractivity contribution >= 4 is 17.3 Å². The summed E-state index contributed by atoms with van der Waals surface area (Å²) in [4.78, 5) is 11.9. The average molecular weight is 215 g/mol. The molecule has 0 aliphatic heterocycles. The van der Waals surface area contributed by atoms with E-state index in [-0.39, 0.29) is 5.69 Å². The van der Waals surface area contributed by atoms with Gasteiger partial charge in [-0.25, -0.2) is 0 Å². The highest BCUT2D eigenvalue weighted by Gasteiger charge is 2.09. The normalized spacial score (nSPS) is 10.6. The van der Waals surface area contributed by atoms with Gasteiger partial charge in [-0.3, -0.25) is 10.1 Å². The SMILES string of the molecule is CN(C)Cc1ccc([N+](=O)[O-])cc1Cl. The molecule has 0 fully saturated rings. The highest BCUT2D eigenvalue weighted by molar-refractivity contribution is 6.31. The zero-order valence-electron chi connectivity index (χ0n) is 8.03. The predicted molar refractivity (Wildman–Crippen MR) is 55.5 cm³/mol. The van der Waals surface area contributed by atoms with Gasteiger partial charge in [0.05, 0.1) is 9.95 Å². The van der Waals surface area contributed by atoms with Gasteiger partial charge in [0.15, 0.2) is 0 Å². The molecule has 5 heteroatoms. The van der Waals surface area contributed by atoms with Crippen molar-refractivity contribution < 1.29 is 4.92 Å². The van der Waals surface area contributed by atoms with Gasteiger partial charge < -0.3 is 4.90 Å². The highest BCUT2D eigenvalue weighted by atomic mass is 35.5. The lowest BCUT2D eigenvalue weighted by atomic mass is 10.2. The van der Waals surface area contributed by atoms with Gasteiger partial charge in [-0.1, -0.05) is 11.6 Å². The lowest BCUT2D eigenvalue weighted by Gasteiger charge is -2.10. The van der Waals surface area contributed by atoms with E-state index < -0.39 is 4.92 Å². The van der Waals surface area contributed by atoms with E-state index in [2.05, 4.69) is 0 Å². The summed E-state index contributed by atoms with van der Waals surface area (Å²) in [5.41, 5.74) is 0.916. The Hall–Kier alpha value is -1.13. The Morgan fingerprint density at radius 1 is 1.50 bits per heavy atom. The number of benzene rings is 1. The molecule has 0 bridgehead atoms. The Morgan fingerprint density at radius 2 is 2.14 bits per heavy atom. The number of hydrogen-bond acceptors (Lipinski definition) is 3. The Kier molecular flexibility index (Phi) is 3.43. The fourth-order valence-electron chi connectivity index (χ4n) is 1.12. The van der Waals surface area contributed by atoms with Gasteiger partial charge in [0.1, 0.15) is 0 Å². The van der Waals surface area contributed by atoms with Gasteiger partial charge >= 0.3 is 0 Å². The summed E-state index contributed by atoms with van der Waals surface area (Å²) < 4.78 is 0. The van der Waals surface area contributed by atoms with Crippen LogP contribution in [0.3, 0.4) is 0 Å². The summed E-state index contributed by atoms with van der Waals surface area (Å²) >= 11 is 5.89. The molecule has 0 saturated heterocycles. The molecule has 0 heterocycles. The molecule has 0 aliphatic rings. The van der Waals surface area contributed by atoms with Crippen LogP contribution in [0.2, 0.25) is 5.02 Å². The van der Waals surface area contributed by atoms with Crippen LogP contribution < -0.4 is 0 Å². The summed E-state index contributed by atoms with van der Waals surface area (Å²) in [7, 11) is 3.83. The van der Waals surface area contributed by atoms with Gasteiger partial charge in [-0.15, -0.1) is 0 Å². The van der Waals surface area contributed by atoms with Crippen LogP contribution in [-0.2, 0) is 6.54 Å².